The molecule has 1 aromatic heterocycles. The summed E-state index contributed by atoms with van der Waals surface area (Å²) in [4.78, 5) is 19.0. The van der Waals surface area contributed by atoms with Gasteiger partial charge < -0.3 is 9.42 Å². The number of carbonyl (C=O) groups excluding carboxylic acids is 1. The Bertz CT molecular complexity index is 946. The van der Waals surface area contributed by atoms with Crippen molar-refractivity contribution in [1.82, 2.24) is 10.1 Å². The van der Waals surface area contributed by atoms with Crippen molar-refractivity contribution in [1.29, 1.82) is 0 Å². The SMILES string of the molecule is CCc1ccc(-c2nc(C3CC(=O)N(c4ccccc4CC)C3)no2)cc1. The highest BCUT2D eigenvalue weighted by molar-refractivity contribution is 5.97. The summed E-state index contributed by atoms with van der Waals surface area (Å²) in [6.45, 7) is 4.81. The molecule has 1 saturated heterocycles. The van der Waals surface area contributed by atoms with Crippen LogP contribution in [0.2, 0.25) is 0 Å². The first-order chi connectivity index (χ1) is 13.2. The zero-order valence-electron chi connectivity index (χ0n) is 15.7. The number of rotatable bonds is 5. The van der Waals surface area contributed by atoms with E-state index in [1.54, 1.807) is 0 Å². The van der Waals surface area contributed by atoms with Gasteiger partial charge in [-0.05, 0) is 42.2 Å². The maximum atomic E-state index is 12.6. The standard InChI is InChI=1S/C22H23N3O2/c1-3-15-9-11-17(12-10-15)22-23-21(24-27-22)18-13-20(26)25(14-18)19-8-6-5-7-16(19)4-2/h5-12,18H,3-4,13-14H2,1-2H3. The first kappa shape index (κ1) is 17.5. The molecule has 4 rings (SSSR count). The van der Waals surface area contributed by atoms with E-state index in [0.717, 1.165) is 24.1 Å². The summed E-state index contributed by atoms with van der Waals surface area (Å²) < 4.78 is 5.47. The van der Waals surface area contributed by atoms with Crippen molar-refractivity contribution >= 4 is 11.6 Å². The summed E-state index contributed by atoms with van der Waals surface area (Å²) in [6.07, 6.45) is 2.30. The van der Waals surface area contributed by atoms with Crippen LogP contribution in [-0.4, -0.2) is 22.6 Å². The number of benzene rings is 2. The monoisotopic (exact) mass is 361 g/mol. The third kappa shape index (κ3) is 3.37. The summed E-state index contributed by atoms with van der Waals surface area (Å²) in [5.41, 5.74) is 4.34. The van der Waals surface area contributed by atoms with Crippen LogP contribution >= 0.6 is 0 Å². The second kappa shape index (κ2) is 7.35. The van der Waals surface area contributed by atoms with Crippen LogP contribution in [0.4, 0.5) is 5.69 Å². The molecule has 0 bridgehead atoms. The van der Waals surface area contributed by atoms with E-state index in [1.807, 2.05) is 35.2 Å². The summed E-state index contributed by atoms with van der Waals surface area (Å²) in [7, 11) is 0. The molecule has 27 heavy (non-hydrogen) atoms. The Balaban J connectivity index is 1.55. The quantitative estimate of drug-likeness (QED) is 0.676. The van der Waals surface area contributed by atoms with E-state index in [9.17, 15) is 4.79 Å². The second-order valence-corrected chi connectivity index (χ2v) is 6.90. The molecule has 1 amide bonds. The predicted octanol–water partition coefficient (Wildman–Crippen LogP) is 4.38. The lowest BCUT2D eigenvalue weighted by Crippen LogP contribution is -2.25. The molecule has 1 aliphatic rings. The highest BCUT2D eigenvalue weighted by Crippen LogP contribution is 2.33. The Morgan fingerprint density at radius 3 is 2.59 bits per heavy atom. The number of hydrogen-bond donors (Lipinski definition) is 0. The largest absolute Gasteiger partial charge is 0.334 e. The highest BCUT2D eigenvalue weighted by Gasteiger charge is 2.35. The second-order valence-electron chi connectivity index (χ2n) is 6.90. The molecule has 0 spiro atoms. The fourth-order valence-corrected chi connectivity index (χ4v) is 3.59. The van der Waals surface area contributed by atoms with Crippen LogP contribution in [0.5, 0.6) is 0 Å². The fraction of sp³-hybridized carbons (Fsp3) is 0.318. The van der Waals surface area contributed by atoms with E-state index < -0.39 is 0 Å². The summed E-state index contributed by atoms with van der Waals surface area (Å²) in [5, 5.41) is 4.16. The lowest BCUT2D eigenvalue weighted by molar-refractivity contribution is -0.117. The van der Waals surface area contributed by atoms with E-state index in [-0.39, 0.29) is 11.8 Å². The number of anilines is 1. The number of amides is 1. The molecule has 2 aromatic carbocycles. The van der Waals surface area contributed by atoms with Gasteiger partial charge >= 0.3 is 0 Å². The number of aryl methyl sites for hydroxylation is 2. The molecule has 1 atom stereocenters. The summed E-state index contributed by atoms with van der Waals surface area (Å²) >= 11 is 0. The molecule has 138 valence electrons. The predicted molar refractivity (Wildman–Crippen MR) is 105 cm³/mol. The van der Waals surface area contributed by atoms with Gasteiger partial charge in [-0.3, -0.25) is 4.79 Å². The number of nitrogens with zero attached hydrogens (tertiary/aromatic N) is 3. The normalized spacial score (nSPS) is 16.9. The Kier molecular flexibility index (Phi) is 4.75. The van der Waals surface area contributed by atoms with Gasteiger partial charge in [-0.1, -0.05) is 49.3 Å². The zero-order chi connectivity index (χ0) is 18.8. The molecular weight excluding hydrogens is 338 g/mol. The van der Waals surface area contributed by atoms with Crippen LogP contribution in [-0.2, 0) is 17.6 Å². The zero-order valence-corrected chi connectivity index (χ0v) is 15.7. The molecule has 1 fully saturated rings. The molecule has 5 heteroatoms. The Morgan fingerprint density at radius 2 is 1.85 bits per heavy atom. The van der Waals surface area contributed by atoms with Crippen molar-refractivity contribution in [2.24, 2.45) is 0 Å². The average molecular weight is 361 g/mol. The molecule has 1 aliphatic heterocycles. The molecule has 1 unspecified atom stereocenters. The van der Waals surface area contributed by atoms with Gasteiger partial charge in [0, 0.05) is 30.1 Å². The van der Waals surface area contributed by atoms with Gasteiger partial charge in [-0.25, -0.2) is 0 Å². The fourth-order valence-electron chi connectivity index (χ4n) is 3.59. The van der Waals surface area contributed by atoms with Gasteiger partial charge in [0.15, 0.2) is 5.82 Å². The minimum absolute atomic E-state index is 0.0465. The van der Waals surface area contributed by atoms with E-state index in [2.05, 4.69) is 42.2 Å². The highest BCUT2D eigenvalue weighted by atomic mass is 16.5. The van der Waals surface area contributed by atoms with Crippen LogP contribution in [0.3, 0.4) is 0 Å². The van der Waals surface area contributed by atoms with E-state index in [0.29, 0.717) is 24.7 Å². The topological polar surface area (TPSA) is 59.2 Å². The first-order valence-electron chi connectivity index (χ1n) is 9.50. The Labute approximate surface area is 159 Å². The Morgan fingerprint density at radius 1 is 1.07 bits per heavy atom. The Hall–Kier alpha value is -2.95. The van der Waals surface area contributed by atoms with E-state index >= 15 is 0 Å². The van der Waals surface area contributed by atoms with Crippen molar-refractivity contribution in [3.8, 4) is 11.5 Å². The maximum Gasteiger partial charge on any atom is 0.257 e. The average Bonchev–Trinajstić information content (AvgIpc) is 3.35. The smallest absolute Gasteiger partial charge is 0.257 e. The van der Waals surface area contributed by atoms with Crippen molar-refractivity contribution < 1.29 is 9.32 Å². The number of carbonyl (C=O) groups is 1. The van der Waals surface area contributed by atoms with Gasteiger partial charge in [0.25, 0.3) is 5.89 Å². The third-order valence-corrected chi connectivity index (χ3v) is 5.20. The molecule has 2 heterocycles. The molecule has 0 N–H and O–H groups in total. The van der Waals surface area contributed by atoms with Crippen LogP contribution in [0.15, 0.2) is 53.1 Å². The van der Waals surface area contributed by atoms with Crippen molar-refractivity contribution in [2.45, 2.75) is 39.0 Å². The van der Waals surface area contributed by atoms with Crippen molar-refractivity contribution in [3.05, 3.63) is 65.5 Å². The molecule has 0 saturated carbocycles. The van der Waals surface area contributed by atoms with Crippen molar-refractivity contribution in [2.75, 3.05) is 11.4 Å². The number of para-hydroxylation sites is 1. The molecule has 0 aliphatic carbocycles. The minimum atomic E-state index is -0.0465. The van der Waals surface area contributed by atoms with Gasteiger partial charge in [-0.2, -0.15) is 4.98 Å². The first-order valence-corrected chi connectivity index (χ1v) is 9.50. The summed E-state index contributed by atoms with van der Waals surface area (Å²) in [5.74, 6) is 1.18. The lowest BCUT2D eigenvalue weighted by atomic mass is 10.1. The minimum Gasteiger partial charge on any atom is -0.334 e. The van der Waals surface area contributed by atoms with Crippen LogP contribution in [0.25, 0.3) is 11.5 Å². The van der Waals surface area contributed by atoms with Gasteiger partial charge in [0.2, 0.25) is 5.91 Å². The van der Waals surface area contributed by atoms with Crippen LogP contribution < -0.4 is 4.90 Å². The van der Waals surface area contributed by atoms with Gasteiger partial charge in [-0.15, -0.1) is 0 Å². The van der Waals surface area contributed by atoms with E-state index in [4.69, 9.17) is 4.52 Å². The van der Waals surface area contributed by atoms with Crippen LogP contribution in [0, 0.1) is 0 Å². The lowest BCUT2D eigenvalue weighted by Gasteiger charge is -2.19. The number of hydrogen-bond acceptors (Lipinski definition) is 4. The molecule has 3 aromatic rings. The number of aromatic nitrogens is 2. The third-order valence-electron chi connectivity index (χ3n) is 5.20. The molecule has 0 radical (unpaired) electrons. The van der Waals surface area contributed by atoms with E-state index in [1.165, 1.54) is 11.1 Å². The van der Waals surface area contributed by atoms with Crippen LogP contribution in [0.1, 0.15) is 43.1 Å². The molecular formula is C22H23N3O2. The van der Waals surface area contributed by atoms with Crippen molar-refractivity contribution in [3.63, 3.8) is 0 Å². The summed E-state index contributed by atoms with van der Waals surface area (Å²) in [6, 6.07) is 16.2. The van der Waals surface area contributed by atoms with Gasteiger partial charge in [0.1, 0.15) is 0 Å². The maximum absolute atomic E-state index is 12.6. The van der Waals surface area contributed by atoms with Gasteiger partial charge in [0.05, 0.1) is 0 Å². The molecule has 5 nitrogen and oxygen atoms in total.